The predicted octanol–water partition coefficient (Wildman–Crippen LogP) is 4.14. The molecule has 24 heavy (non-hydrogen) atoms. The Morgan fingerprint density at radius 3 is 2.08 bits per heavy atom. The van der Waals surface area contributed by atoms with E-state index in [4.69, 9.17) is 4.74 Å². The maximum atomic E-state index is 11.9. The second kappa shape index (κ2) is 7.90. The zero-order valence-corrected chi connectivity index (χ0v) is 14.4. The van der Waals surface area contributed by atoms with E-state index < -0.39 is 0 Å². The summed E-state index contributed by atoms with van der Waals surface area (Å²) in [6.45, 7) is 0. The van der Waals surface area contributed by atoms with Crippen molar-refractivity contribution in [3.63, 3.8) is 0 Å². The minimum atomic E-state index is -0.299. The van der Waals surface area contributed by atoms with Gasteiger partial charge in [0.2, 0.25) is 5.91 Å². The molecule has 0 aliphatic carbocycles. The van der Waals surface area contributed by atoms with Crippen LogP contribution in [0.2, 0.25) is 0 Å². The van der Waals surface area contributed by atoms with Gasteiger partial charge in [-0.25, -0.2) is 0 Å². The number of nitrogens with one attached hydrogen (secondary N) is 1. The van der Waals surface area contributed by atoms with E-state index in [0.717, 1.165) is 9.75 Å². The number of carbonyl (C=O) groups is 2. The number of anilines is 1. The molecule has 2 heterocycles. The number of amides is 1. The van der Waals surface area contributed by atoms with Crippen molar-refractivity contribution in [2.45, 2.75) is 12.8 Å². The van der Waals surface area contributed by atoms with Gasteiger partial charge in [-0.2, -0.15) is 0 Å². The van der Waals surface area contributed by atoms with Gasteiger partial charge in [0.25, 0.3) is 0 Å². The van der Waals surface area contributed by atoms with E-state index in [2.05, 4.69) is 5.32 Å². The maximum Gasteiger partial charge on any atom is 0.316 e. The largest absolute Gasteiger partial charge is 0.426 e. The Hall–Kier alpha value is -2.44. The molecule has 0 unspecified atom stereocenters. The molecule has 0 atom stereocenters. The van der Waals surface area contributed by atoms with Gasteiger partial charge < -0.3 is 10.1 Å². The molecule has 0 aliphatic rings. The Kier molecular flexibility index (Phi) is 5.40. The van der Waals surface area contributed by atoms with Crippen molar-refractivity contribution in [1.29, 1.82) is 0 Å². The molecule has 0 saturated heterocycles. The number of hydrogen-bond donors (Lipinski definition) is 1. The summed E-state index contributed by atoms with van der Waals surface area (Å²) in [6.07, 6.45) is 0.617. The van der Waals surface area contributed by atoms with E-state index in [1.807, 2.05) is 35.0 Å². The van der Waals surface area contributed by atoms with E-state index in [9.17, 15) is 9.59 Å². The van der Waals surface area contributed by atoms with Crippen LogP contribution in [0, 0.1) is 0 Å². The van der Waals surface area contributed by atoms with Crippen LogP contribution in [0.25, 0.3) is 0 Å². The molecule has 3 rings (SSSR count). The van der Waals surface area contributed by atoms with Gasteiger partial charge in [-0.05, 0) is 47.2 Å². The molecule has 1 N–H and O–H groups in total. The normalized spacial score (nSPS) is 10.3. The summed E-state index contributed by atoms with van der Waals surface area (Å²) in [4.78, 5) is 25.8. The molecule has 0 saturated carbocycles. The molecule has 0 spiro atoms. The summed E-state index contributed by atoms with van der Waals surface area (Å²) in [6, 6.07) is 14.5. The monoisotopic (exact) mass is 357 g/mol. The van der Waals surface area contributed by atoms with E-state index in [0.29, 0.717) is 17.9 Å². The van der Waals surface area contributed by atoms with Crippen LogP contribution in [0.3, 0.4) is 0 Å². The molecule has 1 amide bonds. The van der Waals surface area contributed by atoms with Crippen LogP contribution in [0.1, 0.15) is 9.75 Å². The lowest BCUT2D eigenvalue weighted by Crippen LogP contribution is -2.14. The minimum Gasteiger partial charge on any atom is -0.426 e. The fourth-order valence-corrected chi connectivity index (χ4v) is 3.50. The summed E-state index contributed by atoms with van der Waals surface area (Å²) in [5, 5.41) is 6.70. The quantitative estimate of drug-likeness (QED) is 0.533. The zero-order valence-electron chi connectivity index (χ0n) is 12.7. The van der Waals surface area contributed by atoms with Gasteiger partial charge in [0.05, 0.1) is 12.8 Å². The number of benzene rings is 1. The van der Waals surface area contributed by atoms with Crippen LogP contribution in [-0.4, -0.2) is 11.9 Å². The number of rotatable bonds is 6. The third-order valence-corrected chi connectivity index (χ3v) is 4.94. The van der Waals surface area contributed by atoms with Gasteiger partial charge in [0.1, 0.15) is 5.75 Å². The van der Waals surface area contributed by atoms with Crippen LogP contribution in [0.5, 0.6) is 5.75 Å². The molecule has 0 fully saturated rings. The van der Waals surface area contributed by atoms with Gasteiger partial charge in [-0.1, -0.05) is 12.1 Å². The number of carbonyl (C=O) groups excluding carboxylic acids is 2. The van der Waals surface area contributed by atoms with Crippen molar-refractivity contribution in [1.82, 2.24) is 0 Å². The van der Waals surface area contributed by atoms with Crippen molar-refractivity contribution in [3.8, 4) is 5.75 Å². The number of esters is 1. The molecule has 0 bridgehead atoms. The molecule has 122 valence electrons. The van der Waals surface area contributed by atoms with Crippen molar-refractivity contribution >= 4 is 40.2 Å². The summed E-state index contributed by atoms with van der Waals surface area (Å²) < 4.78 is 5.29. The second-order valence-corrected chi connectivity index (χ2v) is 7.12. The molecule has 2 aromatic heterocycles. The summed E-state index contributed by atoms with van der Waals surface area (Å²) in [5.41, 5.74) is 0.676. The summed E-state index contributed by atoms with van der Waals surface area (Å²) in [5.74, 6) is 0.0969. The smallest absolute Gasteiger partial charge is 0.316 e. The van der Waals surface area contributed by atoms with Gasteiger partial charge >= 0.3 is 5.97 Å². The Morgan fingerprint density at radius 2 is 1.50 bits per heavy atom. The van der Waals surface area contributed by atoms with Crippen LogP contribution in [0.15, 0.2) is 59.3 Å². The molecule has 6 heteroatoms. The molecular formula is C18H15NO3S2. The van der Waals surface area contributed by atoms with E-state index in [1.165, 1.54) is 11.3 Å². The average molecular weight is 357 g/mol. The fourth-order valence-electron chi connectivity index (χ4n) is 2.11. The Bertz CT molecular complexity index is 724. The first-order valence-corrected chi connectivity index (χ1v) is 9.10. The molecule has 1 aromatic carbocycles. The number of thiophene rings is 2. The number of ether oxygens (including phenoxy) is 1. The average Bonchev–Trinajstić information content (AvgIpc) is 3.23. The highest BCUT2D eigenvalue weighted by molar-refractivity contribution is 7.10. The molecular weight excluding hydrogens is 342 g/mol. The van der Waals surface area contributed by atoms with Crippen LogP contribution in [0.4, 0.5) is 5.69 Å². The zero-order chi connectivity index (χ0) is 16.8. The lowest BCUT2D eigenvalue weighted by Gasteiger charge is -2.07. The molecule has 0 radical (unpaired) electrons. The lowest BCUT2D eigenvalue weighted by atomic mass is 10.2. The van der Waals surface area contributed by atoms with Gasteiger partial charge in [-0.15, -0.1) is 22.7 Å². The standard InChI is InChI=1S/C18H15NO3S2/c20-17(11-15-3-1-9-23-15)19-13-5-7-14(8-6-13)22-18(21)12-16-4-2-10-24-16/h1-10H,11-12H2,(H,19,20). The maximum absolute atomic E-state index is 11.9. The first-order chi connectivity index (χ1) is 11.7. The van der Waals surface area contributed by atoms with Crippen LogP contribution in [-0.2, 0) is 22.4 Å². The van der Waals surface area contributed by atoms with Gasteiger partial charge in [-0.3, -0.25) is 9.59 Å². The summed E-state index contributed by atoms with van der Waals surface area (Å²) >= 11 is 3.08. The van der Waals surface area contributed by atoms with E-state index >= 15 is 0 Å². The van der Waals surface area contributed by atoms with Crippen molar-refractivity contribution in [2.24, 2.45) is 0 Å². The first-order valence-electron chi connectivity index (χ1n) is 7.34. The minimum absolute atomic E-state index is 0.0695. The van der Waals surface area contributed by atoms with Crippen molar-refractivity contribution in [3.05, 3.63) is 69.0 Å². The molecule has 4 nitrogen and oxygen atoms in total. The van der Waals surface area contributed by atoms with Gasteiger partial charge in [0, 0.05) is 15.4 Å². The Morgan fingerprint density at radius 1 is 0.875 bits per heavy atom. The van der Waals surface area contributed by atoms with Gasteiger partial charge in [0.15, 0.2) is 0 Å². The first kappa shape index (κ1) is 16.4. The highest BCUT2D eigenvalue weighted by atomic mass is 32.1. The van der Waals surface area contributed by atoms with Crippen LogP contribution >= 0.6 is 22.7 Å². The van der Waals surface area contributed by atoms with Crippen LogP contribution < -0.4 is 10.1 Å². The third kappa shape index (κ3) is 4.78. The van der Waals surface area contributed by atoms with Crippen molar-refractivity contribution in [2.75, 3.05) is 5.32 Å². The lowest BCUT2D eigenvalue weighted by molar-refractivity contribution is -0.133. The SMILES string of the molecule is O=C(Cc1cccs1)Nc1ccc(OC(=O)Cc2cccs2)cc1. The van der Waals surface area contributed by atoms with E-state index in [-0.39, 0.29) is 18.3 Å². The fraction of sp³-hybridized carbons (Fsp3) is 0.111. The Balaban J connectivity index is 1.51. The molecule has 3 aromatic rings. The number of hydrogen-bond acceptors (Lipinski definition) is 5. The third-order valence-electron chi connectivity index (χ3n) is 3.18. The van der Waals surface area contributed by atoms with Crippen molar-refractivity contribution < 1.29 is 14.3 Å². The highest BCUT2D eigenvalue weighted by Gasteiger charge is 2.08. The predicted molar refractivity (Wildman–Crippen MR) is 96.8 cm³/mol. The van der Waals surface area contributed by atoms with E-state index in [1.54, 1.807) is 35.6 Å². The highest BCUT2D eigenvalue weighted by Crippen LogP contribution is 2.18. The topological polar surface area (TPSA) is 55.4 Å². The molecule has 0 aliphatic heterocycles. The summed E-state index contributed by atoms with van der Waals surface area (Å²) in [7, 11) is 0. The second-order valence-electron chi connectivity index (χ2n) is 5.06. The Labute approximate surface area is 147 Å².